The zero-order valence-electron chi connectivity index (χ0n) is 15.1. The number of hydrogen-bond donors (Lipinski definition) is 2. The van der Waals surface area contributed by atoms with Crippen molar-refractivity contribution in [3.63, 3.8) is 0 Å². The Morgan fingerprint density at radius 3 is 2.73 bits per heavy atom. The third-order valence-electron chi connectivity index (χ3n) is 4.26. The third kappa shape index (κ3) is 5.34. The molecule has 7 nitrogen and oxygen atoms in total. The zero-order valence-corrected chi connectivity index (χ0v) is 15.1. The Labute approximate surface area is 153 Å². The van der Waals surface area contributed by atoms with Gasteiger partial charge in [-0.25, -0.2) is 0 Å². The van der Waals surface area contributed by atoms with Crippen LogP contribution in [0.5, 0.6) is 5.75 Å². The molecule has 2 heterocycles. The van der Waals surface area contributed by atoms with Crippen molar-refractivity contribution in [2.45, 2.75) is 19.8 Å². The predicted octanol–water partition coefficient (Wildman–Crippen LogP) is 1.99. The largest absolute Gasteiger partial charge is 0.484 e. The van der Waals surface area contributed by atoms with Gasteiger partial charge in [0.25, 0.3) is 5.91 Å². The zero-order chi connectivity index (χ0) is 18.2. The Balaban J connectivity index is 1.35. The fourth-order valence-corrected chi connectivity index (χ4v) is 2.82. The molecule has 1 amide bonds. The fraction of sp³-hybridized carbons (Fsp3) is 0.421. The lowest BCUT2D eigenvalue weighted by Crippen LogP contribution is -2.32. The summed E-state index contributed by atoms with van der Waals surface area (Å²) in [5.74, 6) is 1.27. The molecule has 0 spiro atoms. The van der Waals surface area contributed by atoms with Gasteiger partial charge in [-0.05, 0) is 31.9 Å². The summed E-state index contributed by atoms with van der Waals surface area (Å²) in [6.07, 6.45) is 4.24. The van der Waals surface area contributed by atoms with Crippen molar-refractivity contribution < 1.29 is 9.53 Å². The molecule has 7 heteroatoms. The molecule has 0 radical (unpaired) electrons. The van der Waals surface area contributed by atoms with Gasteiger partial charge in [0.1, 0.15) is 5.75 Å². The summed E-state index contributed by atoms with van der Waals surface area (Å²) in [4.78, 5) is 14.1. The Morgan fingerprint density at radius 1 is 1.19 bits per heavy atom. The first kappa shape index (κ1) is 18.0. The molecule has 1 aliphatic heterocycles. The lowest BCUT2D eigenvalue weighted by atomic mass is 10.2. The van der Waals surface area contributed by atoms with E-state index in [1.807, 2.05) is 37.3 Å². The lowest BCUT2D eigenvalue weighted by molar-refractivity contribution is -0.123. The van der Waals surface area contributed by atoms with E-state index in [0.29, 0.717) is 18.8 Å². The molecule has 0 aliphatic carbocycles. The minimum atomic E-state index is -0.149. The van der Waals surface area contributed by atoms with Crippen LogP contribution in [0.1, 0.15) is 18.4 Å². The second kappa shape index (κ2) is 9.03. The minimum absolute atomic E-state index is 0.00725. The summed E-state index contributed by atoms with van der Waals surface area (Å²) in [6.45, 7) is 5.23. The summed E-state index contributed by atoms with van der Waals surface area (Å²) in [5, 5.41) is 14.1. The Hall–Kier alpha value is -2.83. The van der Waals surface area contributed by atoms with Crippen LogP contribution in [0.4, 0.5) is 11.5 Å². The second-order valence-corrected chi connectivity index (χ2v) is 6.37. The van der Waals surface area contributed by atoms with Crippen LogP contribution in [-0.2, 0) is 4.79 Å². The maximum atomic E-state index is 11.8. The smallest absolute Gasteiger partial charge is 0.258 e. The molecule has 1 saturated heterocycles. The quantitative estimate of drug-likeness (QED) is 0.705. The number of nitrogens with one attached hydrogen (secondary N) is 2. The van der Waals surface area contributed by atoms with Gasteiger partial charge in [-0.15, -0.1) is 5.10 Å². The normalized spacial score (nSPS) is 13.5. The summed E-state index contributed by atoms with van der Waals surface area (Å²) in [5.41, 5.74) is 2.25. The number of carbonyl (C=O) groups is 1. The fourth-order valence-electron chi connectivity index (χ4n) is 2.82. The van der Waals surface area contributed by atoms with Crippen LogP contribution >= 0.6 is 0 Å². The van der Waals surface area contributed by atoms with Gasteiger partial charge < -0.3 is 20.3 Å². The van der Waals surface area contributed by atoms with E-state index in [4.69, 9.17) is 4.74 Å². The standard InChI is InChI=1S/C19H25N5O2/c1-15-4-6-17(7-5-15)26-14-19(25)21-9-8-20-18-12-16(13-22-23-18)24-10-2-3-11-24/h4-7,12-13H,2-3,8-11,14H2,1H3,(H,20,23)(H,21,25). The van der Waals surface area contributed by atoms with Gasteiger partial charge in [-0.1, -0.05) is 17.7 Å². The number of hydrogen-bond acceptors (Lipinski definition) is 6. The number of amides is 1. The van der Waals surface area contributed by atoms with Crippen LogP contribution in [0.3, 0.4) is 0 Å². The van der Waals surface area contributed by atoms with Crippen LogP contribution < -0.4 is 20.3 Å². The van der Waals surface area contributed by atoms with Crippen molar-refractivity contribution >= 4 is 17.4 Å². The molecular weight excluding hydrogens is 330 g/mol. The van der Waals surface area contributed by atoms with Crippen molar-refractivity contribution in [2.24, 2.45) is 0 Å². The van der Waals surface area contributed by atoms with Crippen molar-refractivity contribution in [3.8, 4) is 5.75 Å². The Morgan fingerprint density at radius 2 is 1.96 bits per heavy atom. The molecule has 0 saturated carbocycles. The first-order chi connectivity index (χ1) is 12.7. The molecule has 138 valence electrons. The van der Waals surface area contributed by atoms with Gasteiger partial charge in [0.15, 0.2) is 12.4 Å². The summed E-state index contributed by atoms with van der Waals surface area (Å²) in [6, 6.07) is 9.62. The van der Waals surface area contributed by atoms with Crippen LogP contribution in [-0.4, -0.2) is 48.9 Å². The number of nitrogens with zero attached hydrogens (tertiary/aromatic N) is 3. The van der Waals surface area contributed by atoms with Crippen molar-refractivity contribution in [1.82, 2.24) is 15.5 Å². The van der Waals surface area contributed by atoms with E-state index in [2.05, 4.69) is 25.7 Å². The number of aryl methyl sites for hydroxylation is 1. The maximum Gasteiger partial charge on any atom is 0.258 e. The predicted molar refractivity (Wildman–Crippen MR) is 102 cm³/mol. The number of benzene rings is 1. The third-order valence-corrected chi connectivity index (χ3v) is 4.26. The summed E-state index contributed by atoms with van der Waals surface area (Å²) in [7, 11) is 0. The highest BCUT2D eigenvalue weighted by Gasteiger charge is 2.13. The number of carbonyl (C=O) groups excluding carboxylic acids is 1. The van der Waals surface area contributed by atoms with E-state index < -0.39 is 0 Å². The van der Waals surface area contributed by atoms with Gasteiger partial charge in [-0.3, -0.25) is 4.79 Å². The van der Waals surface area contributed by atoms with Crippen molar-refractivity contribution in [1.29, 1.82) is 0 Å². The number of ether oxygens (including phenoxy) is 1. The van der Waals surface area contributed by atoms with Gasteiger partial charge in [-0.2, -0.15) is 5.10 Å². The molecule has 0 bridgehead atoms. The van der Waals surface area contributed by atoms with E-state index in [9.17, 15) is 4.79 Å². The van der Waals surface area contributed by atoms with E-state index in [0.717, 1.165) is 30.2 Å². The average Bonchev–Trinajstić information content (AvgIpc) is 3.20. The number of aromatic nitrogens is 2. The van der Waals surface area contributed by atoms with E-state index in [1.165, 1.54) is 12.8 Å². The van der Waals surface area contributed by atoms with Crippen LogP contribution in [0.15, 0.2) is 36.5 Å². The first-order valence-corrected chi connectivity index (χ1v) is 8.98. The summed E-state index contributed by atoms with van der Waals surface area (Å²) >= 11 is 0. The molecule has 1 fully saturated rings. The van der Waals surface area contributed by atoms with Gasteiger partial charge in [0, 0.05) is 32.2 Å². The molecule has 3 rings (SSSR count). The highest BCUT2D eigenvalue weighted by Crippen LogP contribution is 2.20. The van der Waals surface area contributed by atoms with Crippen LogP contribution in [0.2, 0.25) is 0 Å². The molecule has 1 aromatic carbocycles. The highest BCUT2D eigenvalue weighted by atomic mass is 16.5. The topological polar surface area (TPSA) is 79.4 Å². The molecule has 1 aliphatic rings. The van der Waals surface area contributed by atoms with Crippen LogP contribution in [0.25, 0.3) is 0 Å². The molecule has 0 unspecified atom stereocenters. The van der Waals surface area contributed by atoms with E-state index in [1.54, 1.807) is 6.20 Å². The molecule has 1 aromatic heterocycles. The van der Waals surface area contributed by atoms with Gasteiger partial charge >= 0.3 is 0 Å². The van der Waals surface area contributed by atoms with E-state index in [-0.39, 0.29) is 12.5 Å². The SMILES string of the molecule is Cc1ccc(OCC(=O)NCCNc2cc(N3CCCC3)cnn2)cc1. The maximum absolute atomic E-state index is 11.8. The average molecular weight is 355 g/mol. The lowest BCUT2D eigenvalue weighted by Gasteiger charge is -2.17. The monoisotopic (exact) mass is 355 g/mol. The highest BCUT2D eigenvalue weighted by molar-refractivity contribution is 5.77. The molecule has 2 N–H and O–H groups in total. The Bertz CT molecular complexity index is 714. The van der Waals surface area contributed by atoms with E-state index >= 15 is 0 Å². The second-order valence-electron chi connectivity index (χ2n) is 6.37. The molecule has 26 heavy (non-hydrogen) atoms. The van der Waals surface area contributed by atoms with Crippen molar-refractivity contribution in [2.75, 3.05) is 43.0 Å². The molecule has 2 aromatic rings. The minimum Gasteiger partial charge on any atom is -0.484 e. The van der Waals surface area contributed by atoms with Crippen molar-refractivity contribution in [3.05, 3.63) is 42.1 Å². The molecular formula is C19H25N5O2. The first-order valence-electron chi connectivity index (χ1n) is 8.98. The van der Waals surface area contributed by atoms with Gasteiger partial charge in [0.05, 0.1) is 11.9 Å². The number of rotatable bonds is 8. The summed E-state index contributed by atoms with van der Waals surface area (Å²) < 4.78 is 5.45. The molecule has 0 atom stereocenters. The number of anilines is 2. The van der Waals surface area contributed by atoms with Crippen LogP contribution in [0, 0.1) is 6.92 Å². The Kier molecular flexibility index (Phi) is 6.24. The van der Waals surface area contributed by atoms with Gasteiger partial charge in [0.2, 0.25) is 0 Å².